The Bertz CT molecular complexity index is 231. The lowest BCUT2D eigenvalue weighted by Gasteiger charge is -2.16. The number of amides is 1. The second kappa shape index (κ2) is 9.93. The van der Waals surface area contributed by atoms with Gasteiger partial charge in [-0.1, -0.05) is 26.7 Å². The maximum absolute atomic E-state index is 11.5. The van der Waals surface area contributed by atoms with Crippen LogP contribution in [-0.2, 0) is 14.3 Å². The third kappa shape index (κ3) is 7.60. The number of rotatable bonds is 8. The Balaban J connectivity index is 4.05. The first-order valence-electron chi connectivity index (χ1n) is 6.25. The Morgan fingerprint density at radius 3 is 2.35 bits per heavy atom. The van der Waals surface area contributed by atoms with Crippen LogP contribution in [0.25, 0.3) is 0 Å². The minimum absolute atomic E-state index is 0.311. The van der Waals surface area contributed by atoms with Gasteiger partial charge >= 0.3 is 12.1 Å². The topological polar surface area (TPSA) is 64.6 Å². The highest BCUT2D eigenvalue weighted by Gasteiger charge is 2.21. The van der Waals surface area contributed by atoms with Crippen molar-refractivity contribution in [2.45, 2.75) is 52.5 Å². The number of alkyl carbamates (subject to hydrolysis) is 1. The van der Waals surface area contributed by atoms with E-state index in [0.717, 1.165) is 19.3 Å². The molecule has 17 heavy (non-hydrogen) atoms. The van der Waals surface area contributed by atoms with Crippen LogP contribution in [0.5, 0.6) is 0 Å². The normalized spacial score (nSPS) is 11.7. The molecule has 100 valence electrons. The average molecular weight is 245 g/mol. The minimum atomic E-state index is -0.603. The summed E-state index contributed by atoms with van der Waals surface area (Å²) in [5, 5.41) is 2.53. The average Bonchev–Trinajstić information content (AvgIpc) is 2.29. The number of carbonyl (C=O) groups is 2. The fourth-order valence-corrected chi connectivity index (χ4v) is 1.27. The molecule has 0 bridgehead atoms. The number of ether oxygens (including phenoxy) is 2. The minimum Gasteiger partial charge on any atom is -0.464 e. The predicted molar refractivity (Wildman–Crippen MR) is 64.7 cm³/mol. The van der Waals surface area contributed by atoms with E-state index in [1.54, 1.807) is 6.92 Å². The van der Waals surface area contributed by atoms with Gasteiger partial charge in [-0.05, 0) is 19.8 Å². The van der Waals surface area contributed by atoms with Crippen molar-refractivity contribution < 1.29 is 19.1 Å². The standard InChI is InChI=1S/C12H23NO4/c1-4-7-9-17-12(15)13-10(8-5-2)11(14)16-6-3/h10H,4-9H2,1-3H3,(H,13,15). The van der Waals surface area contributed by atoms with E-state index in [2.05, 4.69) is 5.32 Å². The van der Waals surface area contributed by atoms with Crippen molar-refractivity contribution in [3.8, 4) is 0 Å². The van der Waals surface area contributed by atoms with E-state index in [1.165, 1.54) is 0 Å². The zero-order valence-electron chi connectivity index (χ0n) is 11.0. The molecule has 0 aromatic heterocycles. The van der Waals surface area contributed by atoms with Gasteiger partial charge in [0.1, 0.15) is 6.04 Å². The highest BCUT2D eigenvalue weighted by Crippen LogP contribution is 2.00. The van der Waals surface area contributed by atoms with Gasteiger partial charge in [-0.3, -0.25) is 0 Å². The van der Waals surface area contributed by atoms with Crippen molar-refractivity contribution >= 4 is 12.1 Å². The molecule has 0 spiro atoms. The molecular formula is C12H23NO4. The fraction of sp³-hybridized carbons (Fsp3) is 0.833. The third-order valence-corrected chi connectivity index (χ3v) is 2.17. The molecule has 5 nitrogen and oxygen atoms in total. The second-order valence-corrected chi connectivity index (χ2v) is 3.73. The van der Waals surface area contributed by atoms with E-state index < -0.39 is 18.1 Å². The molecule has 0 saturated heterocycles. The first-order valence-corrected chi connectivity index (χ1v) is 6.25. The molecule has 0 rings (SSSR count). The summed E-state index contributed by atoms with van der Waals surface area (Å²) in [6.45, 7) is 6.38. The third-order valence-electron chi connectivity index (χ3n) is 2.17. The van der Waals surface area contributed by atoms with Crippen molar-refractivity contribution in [1.29, 1.82) is 0 Å². The van der Waals surface area contributed by atoms with Crippen LogP contribution in [0.15, 0.2) is 0 Å². The van der Waals surface area contributed by atoms with E-state index in [-0.39, 0.29) is 0 Å². The van der Waals surface area contributed by atoms with Crippen LogP contribution in [-0.4, -0.2) is 31.3 Å². The Morgan fingerprint density at radius 1 is 1.12 bits per heavy atom. The number of hydrogen-bond donors (Lipinski definition) is 1. The Hall–Kier alpha value is -1.26. The highest BCUT2D eigenvalue weighted by atomic mass is 16.6. The van der Waals surface area contributed by atoms with Crippen LogP contribution in [0.2, 0.25) is 0 Å². The van der Waals surface area contributed by atoms with Gasteiger partial charge in [-0.2, -0.15) is 0 Å². The summed E-state index contributed by atoms with van der Waals surface area (Å²) in [5.74, 6) is -0.401. The summed E-state index contributed by atoms with van der Waals surface area (Å²) in [7, 11) is 0. The number of esters is 1. The van der Waals surface area contributed by atoms with Gasteiger partial charge in [0.2, 0.25) is 0 Å². The lowest BCUT2D eigenvalue weighted by Crippen LogP contribution is -2.42. The number of nitrogens with one attached hydrogen (secondary N) is 1. The highest BCUT2D eigenvalue weighted by molar-refractivity contribution is 5.81. The van der Waals surface area contributed by atoms with E-state index >= 15 is 0 Å². The molecule has 1 atom stereocenters. The van der Waals surface area contributed by atoms with Gasteiger partial charge in [0, 0.05) is 0 Å². The fourth-order valence-electron chi connectivity index (χ4n) is 1.27. The number of carbonyl (C=O) groups excluding carboxylic acids is 2. The van der Waals surface area contributed by atoms with Crippen molar-refractivity contribution in [1.82, 2.24) is 5.32 Å². The van der Waals surface area contributed by atoms with E-state index in [1.807, 2.05) is 13.8 Å². The quantitative estimate of drug-likeness (QED) is 0.526. The van der Waals surface area contributed by atoms with Crippen LogP contribution in [0.3, 0.4) is 0 Å². The smallest absolute Gasteiger partial charge is 0.407 e. The lowest BCUT2D eigenvalue weighted by atomic mass is 10.2. The summed E-state index contributed by atoms with van der Waals surface area (Å²) in [6, 6.07) is -0.603. The van der Waals surface area contributed by atoms with Crippen LogP contribution in [0, 0.1) is 0 Å². The number of hydrogen-bond acceptors (Lipinski definition) is 4. The molecule has 5 heteroatoms. The van der Waals surface area contributed by atoms with E-state index in [9.17, 15) is 9.59 Å². The van der Waals surface area contributed by atoms with Gasteiger partial charge in [-0.25, -0.2) is 9.59 Å². The molecule has 0 aromatic rings. The van der Waals surface area contributed by atoms with Crippen LogP contribution in [0.4, 0.5) is 4.79 Å². The van der Waals surface area contributed by atoms with Crippen LogP contribution >= 0.6 is 0 Å². The van der Waals surface area contributed by atoms with E-state index in [4.69, 9.17) is 9.47 Å². The Morgan fingerprint density at radius 2 is 1.82 bits per heavy atom. The summed E-state index contributed by atoms with van der Waals surface area (Å²) < 4.78 is 9.80. The van der Waals surface area contributed by atoms with Gasteiger partial charge in [-0.15, -0.1) is 0 Å². The van der Waals surface area contributed by atoms with Crippen LogP contribution < -0.4 is 5.32 Å². The van der Waals surface area contributed by atoms with E-state index in [0.29, 0.717) is 19.6 Å². The molecule has 0 saturated carbocycles. The first kappa shape index (κ1) is 15.7. The van der Waals surface area contributed by atoms with Gasteiger partial charge in [0.05, 0.1) is 13.2 Å². The molecule has 0 aromatic carbocycles. The van der Waals surface area contributed by atoms with Crippen molar-refractivity contribution in [2.75, 3.05) is 13.2 Å². The zero-order chi connectivity index (χ0) is 13.1. The predicted octanol–water partition coefficient (Wildman–Crippen LogP) is 2.24. The molecule has 0 aliphatic heterocycles. The molecule has 1 unspecified atom stereocenters. The van der Waals surface area contributed by atoms with Crippen LogP contribution in [0.1, 0.15) is 46.5 Å². The summed E-state index contributed by atoms with van der Waals surface area (Å²) >= 11 is 0. The molecule has 1 amide bonds. The molecule has 0 fully saturated rings. The maximum Gasteiger partial charge on any atom is 0.407 e. The summed E-state index contributed by atoms with van der Waals surface area (Å²) in [6.07, 6.45) is 2.58. The van der Waals surface area contributed by atoms with Crippen molar-refractivity contribution in [3.63, 3.8) is 0 Å². The van der Waals surface area contributed by atoms with Crippen molar-refractivity contribution in [2.24, 2.45) is 0 Å². The molecular weight excluding hydrogens is 222 g/mol. The molecule has 0 heterocycles. The van der Waals surface area contributed by atoms with Gasteiger partial charge in [0.15, 0.2) is 0 Å². The van der Waals surface area contributed by atoms with Crippen molar-refractivity contribution in [3.05, 3.63) is 0 Å². The van der Waals surface area contributed by atoms with Gasteiger partial charge < -0.3 is 14.8 Å². The molecule has 0 radical (unpaired) electrons. The second-order valence-electron chi connectivity index (χ2n) is 3.73. The molecule has 1 N–H and O–H groups in total. The summed E-state index contributed by atoms with van der Waals surface area (Å²) in [4.78, 5) is 22.9. The lowest BCUT2D eigenvalue weighted by molar-refractivity contribution is -0.145. The molecule has 0 aliphatic rings. The Kier molecular flexibility index (Phi) is 9.19. The first-order chi connectivity index (χ1) is 8.15. The zero-order valence-corrected chi connectivity index (χ0v) is 11.0. The maximum atomic E-state index is 11.5. The molecule has 0 aliphatic carbocycles. The SMILES string of the molecule is CCCCOC(=O)NC(CCC)C(=O)OCC. The number of unbranched alkanes of at least 4 members (excludes halogenated alkanes) is 1. The summed E-state index contributed by atoms with van der Waals surface area (Å²) in [5.41, 5.74) is 0. The monoisotopic (exact) mass is 245 g/mol. The van der Waals surface area contributed by atoms with Gasteiger partial charge in [0.25, 0.3) is 0 Å². The Labute approximate surface area is 103 Å². The largest absolute Gasteiger partial charge is 0.464 e.